The standard InChI is InChI=1S/C27H23N5O3S/c1-34-22-12-17(9-10-21(22)35-16-24(28)33)14-30-26-20-13-23(18-6-3-2-4-7-18)36-27(20)32-25(31-26)19-8-5-11-29-15-19/h2-13,15H,14,16H2,1H3,(H2,28,33)(H,30,31,32). The summed E-state index contributed by atoms with van der Waals surface area (Å²) in [6.07, 6.45) is 3.48. The van der Waals surface area contributed by atoms with Crippen LogP contribution in [0.15, 0.2) is 79.1 Å². The summed E-state index contributed by atoms with van der Waals surface area (Å²) in [5.41, 5.74) is 8.11. The zero-order chi connectivity index (χ0) is 24.9. The van der Waals surface area contributed by atoms with Gasteiger partial charge < -0.3 is 20.5 Å². The van der Waals surface area contributed by atoms with E-state index in [1.54, 1.807) is 36.9 Å². The van der Waals surface area contributed by atoms with Crippen molar-refractivity contribution >= 4 is 33.3 Å². The van der Waals surface area contributed by atoms with Crippen LogP contribution < -0.4 is 20.5 Å². The Morgan fingerprint density at radius 3 is 2.58 bits per heavy atom. The maximum absolute atomic E-state index is 11.1. The number of nitrogens with zero attached hydrogens (tertiary/aromatic N) is 3. The van der Waals surface area contributed by atoms with E-state index in [1.807, 2.05) is 42.5 Å². The van der Waals surface area contributed by atoms with E-state index in [-0.39, 0.29) is 6.61 Å². The molecule has 0 aliphatic heterocycles. The molecule has 5 rings (SSSR count). The number of nitrogens with two attached hydrogens (primary N) is 1. The third-order valence-electron chi connectivity index (χ3n) is 5.43. The van der Waals surface area contributed by atoms with Gasteiger partial charge in [-0.25, -0.2) is 9.97 Å². The van der Waals surface area contributed by atoms with E-state index >= 15 is 0 Å². The molecule has 0 radical (unpaired) electrons. The molecule has 9 heteroatoms. The van der Waals surface area contributed by atoms with Crippen LogP contribution in [0.2, 0.25) is 0 Å². The first-order valence-electron chi connectivity index (χ1n) is 11.2. The lowest BCUT2D eigenvalue weighted by atomic mass is 10.1. The van der Waals surface area contributed by atoms with Crippen LogP contribution in [0, 0.1) is 0 Å². The van der Waals surface area contributed by atoms with Crippen LogP contribution >= 0.6 is 11.3 Å². The Balaban J connectivity index is 1.48. The fourth-order valence-electron chi connectivity index (χ4n) is 3.70. The summed E-state index contributed by atoms with van der Waals surface area (Å²) in [6, 6.07) is 21.7. The van der Waals surface area contributed by atoms with Gasteiger partial charge in [-0.2, -0.15) is 0 Å². The highest BCUT2D eigenvalue weighted by molar-refractivity contribution is 7.22. The molecule has 1 amide bonds. The van der Waals surface area contributed by atoms with E-state index in [9.17, 15) is 4.79 Å². The minimum atomic E-state index is -0.550. The quantitative estimate of drug-likeness (QED) is 0.298. The molecule has 0 atom stereocenters. The second kappa shape index (κ2) is 10.4. The van der Waals surface area contributed by atoms with Gasteiger partial charge in [-0.3, -0.25) is 9.78 Å². The summed E-state index contributed by atoms with van der Waals surface area (Å²) in [4.78, 5) is 27.0. The molecule has 2 aromatic carbocycles. The number of nitrogens with one attached hydrogen (secondary N) is 1. The number of primary amides is 1. The fourth-order valence-corrected chi connectivity index (χ4v) is 4.74. The van der Waals surface area contributed by atoms with Crippen LogP contribution in [0.25, 0.3) is 32.0 Å². The van der Waals surface area contributed by atoms with Crippen molar-refractivity contribution in [2.75, 3.05) is 19.0 Å². The van der Waals surface area contributed by atoms with E-state index in [0.29, 0.717) is 23.9 Å². The number of carbonyl (C=O) groups is 1. The highest BCUT2D eigenvalue weighted by atomic mass is 32.1. The van der Waals surface area contributed by atoms with Crippen LogP contribution in [0.4, 0.5) is 5.82 Å². The Morgan fingerprint density at radius 2 is 1.83 bits per heavy atom. The van der Waals surface area contributed by atoms with Gasteiger partial charge in [0.2, 0.25) is 0 Å². The smallest absolute Gasteiger partial charge is 0.255 e. The van der Waals surface area contributed by atoms with Gasteiger partial charge >= 0.3 is 0 Å². The fraction of sp³-hybridized carbons (Fsp3) is 0.111. The molecule has 0 unspecified atom stereocenters. The number of pyridine rings is 1. The number of carbonyl (C=O) groups excluding carboxylic acids is 1. The van der Waals surface area contributed by atoms with Crippen molar-refractivity contribution in [3.05, 3.63) is 84.7 Å². The van der Waals surface area contributed by atoms with Crippen LogP contribution in [0.5, 0.6) is 11.5 Å². The van der Waals surface area contributed by atoms with Crippen LogP contribution in [-0.2, 0) is 11.3 Å². The summed E-state index contributed by atoms with van der Waals surface area (Å²) in [5.74, 6) is 1.75. The number of hydrogen-bond acceptors (Lipinski definition) is 8. The first kappa shape index (κ1) is 23.3. The first-order valence-corrected chi connectivity index (χ1v) is 12.0. The zero-order valence-electron chi connectivity index (χ0n) is 19.5. The topological polar surface area (TPSA) is 112 Å². The molecule has 3 N–H and O–H groups in total. The minimum absolute atomic E-state index is 0.216. The molecule has 0 aliphatic rings. The SMILES string of the molecule is COc1cc(CNc2nc(-c3cccnc3)nc3sc(-c4ccccc4)cc23)ccc1OCC(N)=O. The largest absolute Gasteiger partial charge is 0.493 e. The number of thiophene rings is 1. The van der Waals surface area contributed by atoms with Gasteiger partial charge in [0.05, 0.1) is 12.5 Å². The number of fused-ring (bicyclic) bond motifs is 1. The monoisotopic (exact) mass is 497 g/mol. The molecule has 0 saturated heterocycles. The number of benzene rings is 2. The Kier molecular flexibility index (Phi) is 6.72. The molecule has 0 saturated carbocycles. The van der Waals surface area contributed by atoms with E-state index in [1.165, 1.54) is 0 Å². The molecule has 3 aromatic heterocycles. The van der Waals surface area contributed by atoms with Gasteiger partial charge in [-0.15, -0.1) is 11.3 Å². The molecule has 0 fully saturated rings. The van der Waals surface area contributed by atoms with Gasteiger partial charge in [0, 0.05) is 29.4 Å². The van der Waals surface area contributed by atoms with Gasteiger partial charge in [0.25, 0.3) is 5.91 Å². The van der Waals surface area contributed by atoms with Gasteiger partial charge in [-0.05, 0) is 41.5 Å². The van der Waals surface area contributed by atoms with Crippen molar-refractivity contribution in [1.29, 1.82) is 0 Å². The van der Waals surface area contributed by atoms with Crippen molar-refractivity contribution in [1.82, 2.24) is 15.0 Å². The van der Waals surface area contributed by atoms with Crippen LogP contribution in [0.3, 0.4) is 0 Å². The van der Waals surface area contributed by atoms with Crippen molar-refractivity contribution < 1.29 is 14.3 Å². The maximum Gasteiger partial charge on any atom is 0.255 e. The minimum Gasteiger partial charge on any atom is -0.493 e. The molecule has 0 spiro atoms. The van der Waals surface area contributed by atoms with Crippen LogP contribution in [-0.4, -0.2) is 34.6 Å². The number of methoxy groups -OCH3 is 1. The lowest BCUT2D eigenvalue weighted by molar-refractivity contribution is -0.119. The first-order chi connectivity index (χ1) is 17.6. The number of rotatable bonds is 9. The highest BCUT2D eigenvalue weighted by Gasteiger charge is 2.15. The van der Waals surface area contributed by atoms with Crippen LogP contribution in [0.1, 0.15) is 5.56 Å². The van der Waals surface area contributed by atoms with E-state index in [0.717, 1.165) is 37.6 Å². The summed E-state index contributed by atoms with van der Waals surface area (Å²) in [5, 5.41) is 4.41. The molecule has 5 aromatic rings. The maximum atomic E-state index is 11.1. The van der Waals surface area contributed by atoms with E-state index in [2.05, 4.69) is 28.5 Å². The summed E-state index contributed by atoms with van der Waals surface area (Å²) < 4.78 is 10.9. The molecular formula is C27H23N5O3S. The van der Waals surface area contributed by atoms with Crippen molar-refractivity contribution in [3.8, 4) is 33.3 Å². The number of anilines is 1. The predicted octanol–water partition coefficient (Wildman–Crippen LogP) is 4.91. The van der Waals surface area contributed by atoms with Crippen molar-refractivity contribution in [2.24, 2.45) is 5.73 Å². The molecular weight excluding hydrogens is 474 g/mol. The summed E-state index contributed by atoms with van der Waals surface area (Å²) >= 11 is 1.63. The van der Waals surface area contributed by atoms with Gasteiger partial charge in [-0.1, -0.05) is 36.4 Å². The number of amides is 1. The highest BCUT2D eigenvalue weighted by Crippen LogP contribution is 2.37. The molecule has 36 heavy (non-hydrogen) atoms. The number of hydrogen-bond donors (Lipinski definition) is 2. The average molecular weight is 498 g/mol. The molecule has 0 bridgehead atoms. The second-order valence-electron chi connectivity index (χ2n) is 7.93. The Hall–Kier alpha value is -4.50. The Bertz CT molecular complexity index is 1510. The molecule has 0 aliphatic carbocycles. The predicted molar refractivity (Wildman–Crippen MR) is 141 cm³/mol. The van der Waals surface area contributed by atoms with Crippen molar-refractivity contribution in [2.45, 2.75) is 6.54 Å². The summed E-state index contributed by atoms with van der Waals surface area (Å²) in [6.45, 7) is 0.271. The summed E-state index contributed by atoms with van der Waals surface area (Å²) in [7, 11) is 1.55. The normalized spacial score (nSPS) is 10.8. The van der Waals surface area contributed by atoms with E-state index < -0.39 is 5.91 Å². The third kappa shape index (κ3) is 5.11. The zero-order valence-corrected chi connectivity index (χ0v) is 20.3. The molecule has 8 nitrogen and oxygen atoms in total. The second-order valence-corrected chi connectivity index (χ2v) is 8.96. The van der Waals surface area contributed by atoms with E-state index in [4.69, 9.17) is 25.2 Å². The average Bonchev–Trinajstić information content (AvgIpc) is 3.36. The Labute approximate surface area is 211 Å². The number of ether oxygens (including phenoxy) is 2. The lowest BCUT2D eigenvalue weighted by Gasteiger charge is -2.13. The third-order valence-corrected chi connectivity index (χ3v) is 6.51. The molecule has 180 valence electrons. The number of aromatic nitrogens is 3. The molecule has 3 heterocycles. The lowest BCUT2D eigenvalue weighted by Crippen LogP contribution is -2.20. The van der Waals surface area contributed by atoms with Gasteiger partial charge in [0.1, 0.15) is 10.6 Å². The van der Waals surface area contributed by atoms with Gasteiger partial charge in [0.15, 0.2) is 23.9 Å². The Morgan fingerprint density at radius 1 is 1.00 bits per heavy atom. The van der Waals surface area contributed by atoms with Crippen molar-refractivity contribution in [3.63, 3.8) is 0 Å².